The largest absolute Gasteiger partial charge is 0.344 e. The van der Waals surface area contributed by atoms with Gasteiger partial charge in [-0.1, -0.05) is 67.0 Å². The molecule has 28 heavy (non-hydrogen) atoms. The van der Waals surface area contributed by atoms with Crippen LogP contribution in [0.15, 0.2) is 60.7 Å². The molecule has 0 fully saturated rings. The predicted molar refractivity (Wildman–Crippen MR) is 111 cm³/mol. The lowest BCUT2D eigenvalue weighted by Gasteiger charge is -2.24. The minimum absolute atomic E-state index is 0.185. The minimum Gasteiger partial charge on any atom is -0.344 e. The first-order valence-corrected chi connectivity index (χ1v) is 9.20. The van der Waals surface area contributed by atoms with Crippen molar-refractivity contribution in [3.05, 3.63) is 71.8 Å². The van der Waals surface area contributed by atoms with Gasteiger partial charge in [-0.3, -0.25) is 9.59 Å². The number of amides is 2. The monoisotopic (exact) mass is 372 g/mol. The Morgan fingerprint density at radius 2 is 1.18 bits per heavy atom. The lowest BCUT2D eigenvalue weighted by Crippen LogP contribution is -2.49. The van der Waals surface area contributed by atoms with Gasteiger partial charge in [0.1, 0.15) is 5.41 Å². The first-order chi connectivity index (χ1) is 13.6. The van der Waals surface area contributed by atoms with Gasteiger partial charge in [-0.15, -0.1) is 0 Å². The van der Waals surface area contributed by atoms with Gasteiger partial charge in [-0.25, -0.2) is 0 Å². The van der Waals surface area contributed by atoms with Gasteiger partial charge in [-0.05, 0) is 37.6 Å². The zero-order valence-corrected chi connectivity index (χ0v) is 16.2. The molecule has 0 bridgehead atoms. The van der Waals surface area contributed by atoms with E-state index < -0.39 is 5.41 Å². The fourth-order valence-electron chi connectivity index (χ4n) is 2.40. The summed E-state index contributed by atoms with van der Waals surface area (Å²) in [6.45, 7) is 3.81. The van der Waals surface area contributed by atoms with E-state index in [-0.39, 0.29) is 24.9 Å². The number of hydrogen-bond donors (Lipinski definition) is 2. The van der Waals surface area contributed by atoms with Crippen LogP contribution in [-0.2, 0) is 9.59 Å². The summed E-state index contributed by atoms with van der Waals surface area (Å²) in [5.74, 6) is 11.1. The lowest BCUT2D eigenvalue weighted by atomic mass is 9.85. The zero-order valence-electron chi connectivity index (χ0n) is 16.2. The standard InChI is InChI=1S/C24H24N2O2/c1-3-24(2,22(27)25-18-10-16-20-12-6-4-7-13-20)23(28)26-19-11-17-21-14-8-5-9-15-21/h4-9,12-15H,3,18-19H2,1-2H3,(H,25,27)(H,26,28). The van der Waals surface area contributed by atoms with Crippen LogP contribution in [0.1, 0.15) is 31.4 Å². The number of nitrogens with one attached hydrogen (secondary N) is 2. The molecule has 142 valence electrons. The van der Waals surface area contributed by atoms with E-state index in [1.54, 1.807) is 6.92 Å². The molecular formula is C24H24N2O2. The molecule has 4 nitrogen and oxygen atoms in total. The summed E-state index contributed by atoms with van der Waals surface area (Å²) in [4.78, 5) is 25.1. The minimum atomic E-state index is -1.16. The first kappa shape index (κ1) is 20.8. The summed E-state index contributed by atoms with van der Waals surface area (Å²) in [5.41, 5.74) is 0.595. The maximum atomic E-state index is 12.5. The fourth-order valence-corrected chi connectivity index (χ4v) is 2.40. The third-order valence-corrected chi connectivity index (χ3v) is 4.40. The molecule has 0 aliphatic rings. The molecule has 0 atom stereocenters. The van der Waals surface area contributed by atoms with Crippen LogP contribution in [-0.4, -0.2) is 24.9 Å². The molecular weight excluding hydrogens is 348 g/mol. The van der Waals surface area contributed by atoms with E-state index in [0.29, 0.717) is 6.42 Å². The summed E-state index contributed by atoms with van der Waals surface area (Å²) in [5, 5.41) is 5.46. The maximum Gasteiger partial charge on any atom is 0.236 e. The molecule has 0 spiro atoms. The molecule has 0 heterocycles. The predicted octanol–water partition coefficient (Wildman–Crippen LogP) is 2.74. The van der Waals surface area contributed by atoms with E-state index in [9.17, 15) is 9.59 Å². The van der Waals surface area contributed by atoms with Crippen LogP contribution in [0.5, 0.6) is 0 Å². The second-order valence-corrected chi connectivity index (χ2v) is 6.39. The first-order valence-electron chi connectivity index (χ1n) is 9.20. The highest BCUT2D eigenvalue weighted by Crippen LogP contribution is 2.21. The Balaban J connectivity index is 1.87. The van der Waals surface area contributed by atoms with Crippen molar-refractivity contribution in [1.82, 2.24) is 10.6 Å². The van der Waals surface area contributed by atoms with Gasteiger partial charge in [0.25, 0.3) is 0 Å². The Morgan fingerprint density at radius 3 is 1.54 bits per heavy atom. The molecule has 0 aliphatic heterocycles. The average Bonchev–Trinajstić information content (AvgIpc) is 2.74. The van der Waals surface area contributed by atoms with Crippen LogP contribution in [0, 0.1) is 29.1 Å². The van der Waals surface area contributed by atoms with Crippen molar-refractivity contribution in [3.8, 4) is 23.7 Å². The van der Waals surface area contributed by atoms with E-state index in [1.807, 2.05) is 67.6 Å². The molecule has 0 aromatic heterocycles. The molecule has 2 amide bonds. The molecule has 2 rings (SSSR count). The number of benzene rings is 2. The maximum absolute atomic E-state index is 12.5. The van der Waals surface area contributed by atoms with Gasteiger partial charge in [-0.2, -0.15) is 0 Å². The van der Waals surface area contributed by atoms with Gasteiger partial charge in [0.05, 0.1) is 13.1 Å². The second-order valence-electron chi connectivity index (χ2n) is 6.39. The van der Waals surface area contributed by atoms with Crippen LogP contribution in [0.2, 0.25) is 0 Å². The third kappa shape index (κ3) is 6.04. The molecule has 0 aliphatic carbocycles. The van der Waals surface area contributed by atoms with E-state index in [4.69, 9.17) is 0 Å². The fraction of sp³-hybridized carbons (Fsp3) is 0.250. The summed E-state index contributed by atoms with van der Waals surface area (Å²) < 4.78 is 0. The smallest absolute Gasteiger partial charge is 0.236 e. The topological polar surface area (TPSA) is 58.2 Å². The number of carbonyl (C=O) groups excluding carboxylic acids is 2. The molecule has 2 N–H and O–H groups in total. The molecule has 0 saturated heterocycles. The Morgan fingerprint density at radius 1 is 0.786 bits per heavy atom. The Kier molecular flexibility index (Phi) is 7.88. The van der Waals surface area contributed by atoms with Gasteiger partial charge < -0.3 is 10.6 Å². The van der Waals surface area contributed by atoms with E-state index in [1.165, 1.54) is 0 Å². The third-order valence-electron chi connectivity index (χ3n) is 4.40. The summed E-state index contributed by atoms with van der Waals surface area (Å²) in [6, 6.07) is 19.0. The van der Waals surface area contributed by atoms with Crippen LogP contribution in [0.3, 0.4) is 0 Å². The summed E-state index contributed by atoms with van der Waals surface area (Å²) in [6.07, 6.45) is 0.378. The second kappa shape index (κ2) is 10.6. The molecule has 4 heteroatoms. The van der Waals surface area contributed by atoms with Crippen LogP contribution >= 0.6 is 0 Å². The number of carbonyl (C=O) groups is 2. The van der Waals surface area contributed by atoms with Crippen LogP contribution in [0.25, 0.3) is 0 Å². The van der Waals surface area contributed by atoms with E-state index in [0.717, 1.165) is 11.1 Å². The highest BCUT2D eigenvalue weighted by molar-refractivity contribution is 6.04. The zero-order chi connectivity index (χ0) is 20.2. The molecule has 0 unspecified atom stereocenters. The van der Waals surface area contributed by atoms with Gasteiger partial charge in [0.15, 0.2) is 0 Å². The number of rotatable bonds is 5. The van der Waals surface area contributed by atoms with Crippen molar-refractivity contribution >= 4 is 11.8 Å². The van der Waals surface area contributed by atoms with Gasteiger partial charge in [0, 0.05) is 11.1 Å². The van der Waals surface area contributed by atoms with Gasteiger partial charge in [0.2, 0.25) is 11.8 Å². The Bertz CT molecular complexity index is 840. The van der Waals surface area contributed by atoms with Crippen molar-refractivity contribution in [1.29, 1.82) is 0 Å². The molecule has 0 saturated carbocycles. The molecule has 2 aromatic rings. The highest BCUT2D eigenvalue weighted by atomic mass is 16.2. The Hall–Kier alpha value is -3.50. The highest BCUT2D eigenvalue weighted by Gasteiger charge is 2.38. The SMILES string of the molecule is CCC(C)(C(=O)NCC#Cc1ccccc1)C(=O)NCC#Cc1ccccc1. The quantitative estimate of drug-likeness (QED) is 0.626. The molecule has 0 radical (unpaired) electrons. The van der Waals surface area contributed by atoms with Crippen molar-refractivity contribution in [2.45, 2.75) is 20.3 Å². The van der Waals surface area contributed by atoms with E-state index in [2.05, 4.69) is 34.3 Å². The van der Waals surface area contributed by atoms with Crippen LogP contribution in [0.4, 0.5) is 0 Å². The van der Waals surface area contributed by atoms with Crippen LogP contribution < -0.4 is 10.6 Å². The van der Waals surface area contributed by atoms with Crippen molar-refractivity contribution < 1.29 is 9.59 Å². The van der Waals surface area contributed by atoms with Gasteiger partial charge >= 0.3 is 0 Å². The number of hydrogen-bond acceptors (Lipinski definition) is 2. The normalized spacial score (nSPS) is 9.93. The summed E-state index contributed by atoms with van der Waals surface area (Å²) in [7, 11) is 0. The average molecular weight is 372 g/mol. The Labute approximate surface area is 166 Å². The van der Waals surface area contributed by atoms with Crippen molar-refractivity contribution in [2.24, 2.45) is 5.41 Å². The van der Waals surface area contributed by atoms with E-state index >= 15 is 0 Å². The van der Waals surface area contributed by atoms with Crippen molar-refractivity contribution in [3.63, 3.8) is 0 Å². The lowest BCUT2D eigenvalue weighted by molar-refractivity contribution is -0.142. The van der Waals surface area contributed by atoms with Crippen molar-refractivity contribution in [2.75, 3.05) is 13.1 Å². The summed E-state index contributed by atoms with van der Waals surface area (Å²) >= 11 is 0. The molecule has 2 aromatic carbocycles.